The van der Waals surface area contributed by atoms with E-state index in [0.717, 1.165) is 34.1 Å². The van der Waals surface area contributed by atoms with Gasteiger partial charge in [0.1, 0.15) is 5.70 Å². The molecule has 0 unspecified atom stereocenters. The van der Waals surface area contributed by atoms with Gasteiger partial charge in [-0.05, 0) is 31.6 Å². The van der Waals surface area contributed by atoms with Gasteiger partial charge in [0.2, 0.25) is 0 Å². The first-order chi connectivity index (χ1) is 13.1. The SMILES string of the molecule is CCn1cc(C=C2NC(=O)N(Cc3ccc(C)cc3)C2=O)c2ccccc21. The lowest BCUT2D eigenvalue weighted by Crippen LogP contribution is -2.30. The number of nitrogens with zero attached hydrogens (tertiary/aromatic N) is 2. The molecule has 0 aliphatic carbocycles. The minimum atomic E-state index is -0.383. The summed E-state index contributed by atoms with van der Waals surface area (Å²) in [5, 5.41) is 3.78. The van der Waals surface area contributed by atoms with E-state index in [4.69, 9.17) is 0 Å². The summed E-state index contributed by atoms with van der Waals surface area (Å²) >= 11 is 0. The highest BCUT2D eigenvalue weighted by atomic mass is 16.2. The molecule has 2 heterocycles. The molecule has 1 N–H and O–H groups in total. The van der Waals surface area contributed by atoms with Crippen molar-refractivity contribution < 1.29 is 9.59 Å². The molecule has 0 saturated carbocycles. The zero-order valence-electron chi connectivity index (χ0n) is 15.4. The average Bonchev–Trinajstić information content (AvgIpc) is 3.16. The number of hydrogen-bond acceptors (Lipinski definition) is 2. The van der Waals surface area contributed by atoms with Crippen LogP contribution in [0.15, 0.2) is 60.4 Å². The predicted molar refractivity (Wildman–Crippen MR) is 106 cm³/mol. The normalized spacial score (nSPS) is 15.8. The summed E-state index contributed by atoms with van der Waals surface area (Å²) in [4.78, 5) is 26.3. The van der Waals surface area contributed by atoms with Gasteiger partial charge in [-0.15, -0.1) is 0 Å². The number of imide groups is 1. The third-order valence-corrected chi connectivity index (χ3v) is 4.88. The number of benzene rings is 2. The Morgan fingerprint density at radius 3 is 2.52 bits per heavy atom. The third kappa shape index (κ3) is 3.12. The Morgan fingerprint density at radius 2 is 1.78 bits per heavy atom. The number of para-hydroxylation sites is 1. The Kier molecular flexibility index (Phi) is 4.28. The first kappa shape index (κ1) is 17.1. The molecule has 0 spiro atoms. The molecule has 5 heteroatoms. The predicted octanol–water partition coefficient (Wildman–Crippen LogP) is 4.06. The van der Waals surface area contributed by atoms with E-state index < -0.39 is 0 Å². The van der Waals surface area contributed by atoms with E-state index in [-0.39, 0.29) is 18.5 Å². The van der Waals surface area contributed by atoms with Crippen LogP contribution >= 0.6 is 0 Å². The quantitative estimate of drug-likeness (QED) is 0.564. The Hall–Kier alpha value is -3.34. The smallest absolute Gasteiger partial charge is 0.329 e. The lowest BCUT2D eigenvalue weighted by Gasteiger charge is -2.11. The van der Waals surface area contributed by atoms with Crippen molar-refractivity contribution in [3.05, 3.63) is 77.1 Å². The molecule has 3 aromatic rings. The van der Waals surface area contributed by atoms with E-state index >= 15 is 0 Å². The number of carbonyl (C=O) groups is 2. The molecule has 136 valence electrons. The van der Waals surface area contributed by atoms with Crippen LogP contribution in [0.1, 0.15) is 23.6 Å². The van der Waals surface area contributed by atoms with Crippen molar-refractivity contribution in [2.45, 2.75) is 26.9 Å². The molecule has 1 aliphatic rings. The van der Waals surface area contributed by atoms with Crippen LogP contribution < -0.4 is 5.32 Å². The summed E-state index contributed by atoms with van der Waals surface area (Å²) in [6.45, 7) is 5.18. The average molecular weight is 359 g/mol. The lowest BCUT2D eigenvalue weighted by molar-refractivity contribution is -0.123. The highest BCUT2D eigenvalue weighted by Gasteiger charge is 2.33. The minimum Gasteiger partial charge on any atom is -0.347 e. The molecule has 3 amide bonds. The number of rotatable bonds is 4. The molecule has 0 radical (unpaired) electrons. The fourth-order valence-corrected chi connectivity index (χ4v) is 3.40. The topological polar surface area (TPSA) is 54.3 Å². The highest BCUT2D eigenvalue weighted by Crippen LogP contribution is 2.25. The van der Waals surface area contributed by atoms with Gasteiger partial charge >= 0.3 is 6.03 Å². The van der Waals surface area contributed by atoms with Gasteiger partial charge in [-0.2, -0.15) is 0 Å². The van der Waals surface area contributed by atoms with Crippen LogP contribution in [0.4, 0.5) is 4.79 Å². The van der Waals surface area contributed by atoms with Gasteiger partial charge in [-0.3, -0.25) is 9.69 Å². The van der Waals surface area contributed by atoms with Crippen LogP contribution in [-0.2, 0) is 17.9 Å². The molecule has 1 fully saturated rings. The van der Waals surface area contributed by atoms with Gasteiger partial charge in [0, 0.05) is 29.2 Å². The zero-order valence-corrected chi connectivity index (χ0v) is 15.4. The van der Waals surface area contributed by atoms with Gasteiger partial charge in [0.25, 0.3) is 5.91 Å². The second kappa shape index (κ2) is 6.76. The van der Waals surface area contributed by atoms with Crippen molar-refractivity contribution in [2.24, 2.45) is 0 Å². The van der Waals surface area contributed by atoms with Gasteiger partial charge in [0.05, 0.1) is 6.54 Å². The van der Waals surface area contributed by atoms with Crippen molar-refractivity contribution >= 4 is 28.9 Å². The maximum atomic E-state index is 12.8. The van der Waals surface area contributed by atoms with Crippen molar-refractivity contribution in [1.82, 2.24) is 14.8 Å². The van der Waals surface area contributed by atoms with Crippen LogP contribution in [-0.4, -0.2) is 21.4 Å². The summed E-state index contributed by atoms with van der Waals surface area (Å²) in [5.41, 5.74) is 4.41. The molecule has 1 saturated heterocycles. The second-order valence-corrected chi connectivity index (χ2v) is 6.75. The maximum absolute atomic E-state index is 12.8. The van der Waals surface area contributed by atoms with Crippen LogP contribution in [0.3, 0.4) is 0 Å². The number of amides is 3. The Labute approximate surface area is 157 Å². The summed E-state index contributed by atoms with van der Waals surface area (Å²) in [5.74, 6) is -0.297. The van der Waals surface area contributed by atoms with Crippen LogP contribution in [0, 0.1) is 6.92 Å². The Morgan fingerprint density at radius 1 is 1.04 bits per heavy atom. The monoisotopic (exact) mass is 359 g/mol. The first-order valence-corrected chi connectivity index (χ1v) is 9.05. The maximum Gasteiger partial charge on any atom is 0.329 e. The van der Waals surface area contributed by atoms with Crippen molar-refractivity contribution in [2.75, 3.05) is 0 Å². The zero-order chi connectivity index (χ0) is 19.0. The molecular formula is C22H21N3O2. The molecule has 1 aromatic heterocycles. The van der Waals surface area contributed by atoms with Crippen molar-refractivity contribution in [3.8, 4) is 0 Å². The van der Waals surface area contributed by atoms with Crippen LogP contribution in [0.25, 0.3) is 17.0 Å². The standard InChI is InChI=1S/C22H21N3O2/c1-3-24-14-17(18-6-4-5-7-20(18)24)12-19-21(26)25(22(27)23-19)13-16-10-8-15(2)9-11-16/h4-12,14H,3,13H2,1-2H3,(H,23,27). The van der Waals surface area contributed by atoms with E-state index in [1.165, 1.54) is 4.90 Å². The fraction of sp³-hybridized carbons (Fsp3) is 0.182. The molecule has 5 nitrogen and oxygen atoms in total. The number of fused-ring (bicyclic) bond motifs is 1. The molecule has 0 bridgehead atoms. The second-order valence-electron chi connectivity index (χ2n) is 6.75. The fourth-order valence-electron chi connectivity index (χ4n) is 3.40. The molecule has 1 aliphatic heterocycles. The molecular weight excluding hydrogens is 338 g/mol. The van der Waals surface area contributed by atoms with E-state index in [2.05, 4.69) is 22.9 Å². The van der Waals surface area contributed by atoms with Gasteiger partial charge in [-0.25, -0.2) is 4.79 Å². The number of nitrogens with one attached hydrogen (secondary N) is 1. The first-order valence-electron chi connectivity index (χ1n) is 9.05. The van der Waals surface area contributed by atoms with Gasteiger partial charge in [-0.1, -0.05) is 48.0 Å². The summed E-state index contributed by atoms with van der Waals surface area (Å²) in [6.07, 6.45) is 3.78. The Balaban J connectivity index is 1.64. The van der Waals surface area contributed by atoms with Gasteiger partial charge in [0.15, 0.2) is 0 Å². The number of aromatic nitrogens is 1. The van der Waals surface area contributed by atoms with Crippen molar-refractivity contribution in [1.29, 1.82) is 0 Å². The number of hydrogen-bond donors (Lipinski definition) is 1. The molecule has 0 atom stereocenters. The highest BCUT2D eigenvalue weighted by molar-refractivity contribution is 6.14. The molecule has 4 rings (SSSR count). The Bertz CT molecular complexity index is 1060. The minimum absolute atomic E-state index is 0.263. The van der Waals surface area contributed by atoms with E-state index in [1.54, 1.807) is 6.08 Å². The van der Waals surface area contributed by atoms with Crippen LogP contribution in [0.5, 0.6) is 0 Å². The van der Waals surface area contributed by atoms with Gasteiger partial charge < -0.3 is 9.88 Å². The van der Waals surface area contributed by atoms with E-state index in [9.17, 15) is 9.59 Å². The summed E-state index contributed by atoms with van der Waals surface area (Å²) in [7, 11) is 0. The van der Waals surface area contributed by atoms with E-state index in [0.29, 0.717) is 5.70 Å². The number of urea groups is 1. The largest absolute Gasteiger partial charge is 0.347 e. The number of aryl methyl sites for hydroxylation is 2. The number of carbonyl (C=O) groups excluding carboxylic acids is 2. The van der Waals surface area contributed by atoms with E-state index in [1.807, 2.05) is 55.6 Å². The summed E-state index contributed by atoms with van der Waals surface area (Å²) in [6, 6.07) is 15.5. The summed E-state index contributed by atoms with van der Waals surface area (Å²) < 4.78 is 2.13. The lowest BCUT2D eigenvalue weighted by atomic mass is 10.1. The van der Waals surface area contributed by atoms with Crippen LogP contribution in [0.2, 0.25) is 0 Å². The third-order valence-electron chi connectivity index (χ3n) is 4.88. The van der Waals surface area contributed by atoms with Crippen molar-refractivity contribution in [3.63, 3.8) is 0 Å². The molecule has 27 heavy (non-hydrogen) atoms. The molecule has 2 aromatic carbocycles.